The van der Waals surface area contributed by atoms with Crippen LogP contribution in [0.25, 0.3) is 10.9 Å². The first kappa shape index (κ1) is 27.6. The average molecular weight is 566 g/mol. The highest BCUT2D eigenvalue weighted by Gasteiger charge is 2.52. The van der Waals surface area contributed by atoms with Crippen LogP contribution in [0.5, 0.6) is 0 Å². The molecule has 0 unspecified atom stereocenters. The Balaban J connectivity index is 1.51. The van der Waals surface area contributed by atoms with Gasteiger partial charge in [-0.3, -0.25) is 9.59 Å². The normalized spacial score (nSPS) is 20.0. The van der Waals surface area contributed by atoms with Crippen molar-refractivity contribution < 1.29 is 9.59 Å². The number of amides is 2. The Bertz CT molecular complexity index is 1540. The topological polar surface area (TPSA) is 54.3 Å². The Morgan fingerprint density at radius 1 is 0.927 bits per heavy atom. The van der Waals surface area contributed by atoms with Crippen molar-refractivity contribution in [2.24, 2.45) is 0 Å². The monoisotopic (exact) mass is 565 g/mol. The SMILES string of the molecule is CSc1ccc(CN2C(=O)c3cc4ccc(C)cc4n3C[C@@]2(C(=O)NC2CCCCCCC2)c2ccccc2)cc1. The second-order valence-electron chi connectivity index (χ2n) is 11.7. The third-order valence-corrected chi connectivity index (χ3v) is 9.68. The summed E-state index contributed by atoms with van der Waals surface area (Å²) in [5, 5.41) is 4.50. The zero-order chi connectivity index (χ0) is 28.4. The molecule has 0 bridgehead atoms. The fourth-order valence-corrected chi connectivity index (χ4v) is 7.06. The van der Waals surface area contributed by atoms with Gasteiger partial charge in [0, 0.05) is 28.4 Å². The Hall–Kier alpha value is -3.51. The summed E-state index contributed by atoms with van der Waals surface area (Å²) in [7, 11) is 0. The van der Waals surface area contributed by atoms with Gasteiger partial charge in [-0.1, -0.05) is 86.7 Å². The van der Waals surface area contributed by atoms with Crippen molar-refractivity contribution in [3.8, 4) is 0 Å². The van der Waals surface area contributed by atoms with Crippen molar-refractivity contribution in [1.29, 1.82) is 0 Å². The Kier molecular flexibility index (Phi) is 7.94. The predicted octanol–water partition coefficient (Wildman–Crippen LogP) is 7.45. The predicted molar refractivity (Wildman–Crippen MR) is 167 cm³/mol. The van der Waals surface area contributed by atoms with E-state index in [4.69, 9.17) is 0 Å². The molecule has 3 aromatic carbocycles. The lowest BCUT2D eigenvalue weighted by atomic mass is 9.83. The first-order valence-corrected chi connectivity index (χ1v) is 16.1. The lowest BCUT2D eigenvalue weighted by Gasteiger charge is -2.47. The van der Waals surface area contributed by atoms with Crippen LogP contribution in [0, 0.1) is 6.92 Å². The molecule has 1 fully saturated rings. The van der Waals surface area contributed by atoms with Gasteiger partial charge in [-0.05, 0) is 67.0 Å². The molecule has 212 valence electrons. The molecule has 41 heavy (non-hydrogen) atoms. The summed E-state index contributed by atoms with van der Waals surface area (Å²) in [6.07, 6.45) is 9.98. The Morgan fingerprint density at radius 2 is 1.63 bits per heavy atom. The number of rotatable bonds is 6. The van der Waals surface area contributed by atoms with Gasteiger partial charge in [0.1, 0.15) is 5.69 Å². The van der Waals surface area contributed by atoms with Crippen molar-refractivity contribution in [3.05, 3.63) is 101 Å². The van der Waals surface area contributed by atoms with E-state index in [1.54, 1.807) is 11.8 Å². The zero-order valence-corrected chi connectivity index (χ0v) is 24.9. The van der Waals surface area contributed by atoms with Gasteiger partial charge in [0.2, 0.25) is 0 Å². The zero-order valence-electron chi connectivity index (χ0n) is 24.1. The van der Waals surface area contributed by atoms with E-state index in [0.29, 0.717) is 18.8 Å². The van der Waals surface area contributed by atoms with Crippen molar-refractivity contribution in [1.82, 2.24) is 14.8 Å². The summed E-state index contributed by atoms with van der Waals surface area (Å²) in [6.45, 7) is 2.79. The second kappa shape index (κ2) is 11.8. The van der Waals surface area contributed by atoms with Gasteiger partial charge in [-0.25, -0.2) is 0 Å². The van der Waals surface area contributed by atoms with E-state index in [2.05, 4.69) is 65.5 Å². The summed E-state index contributed by atoms with van der Waals surface area (Å²) in [5.74, 6) is -0.195. The van der Waals surface area contributed by atoms with Crippen molar-refractivity contribution in [3.63, 3.8) is 0 Å². The molecule has 1 N–H and O–H groups in total. The molecular formula is C35H39N3O2S. The first-order chi connectivity index (χ1) is 20.0. The molecule has 1 saturated carbocycles. The van der Waals surface area contributed by atoms with Gasteiger partial charge in [-0.15, -0.1) is 11.8 Å². The van der Waals surface area contributed by atoms with E-state index in [1.807, 2.05) is 41.3 Å². The number of nitrogens with one attached hydrogen (secondary N) is 1. The third kappa shape index (κ3) is 5.30. The summed E-state index contributed by atoms with van der Waals surface area (Å²) >= 11 is 1.69. The van der Waals surface area contributed by atoms with Crippen LogP contribution in [-0.4, -0.2) is 33.6 Å². The van der Waals surface area contributed by atoms with Crippen LogP contribution < -0.4 is 5.32 Å². The molecule has 2 amide bonds. The Labute approximate surface area is 247 Å². The first-order valence-electron chi connectivity index (χ1n) is 14.9. The molecule has 1 atom stereocenters. The molecule has 1 aromatic heterocycles. The minimum absolute atomic E-state index is 0.0801. The lowest BCUT2D eigenvalue weighted by molar-refractivity contribution is -0.136. The van der Waals surface area contributed by atoms with Gasteiger partial charge in [0.25, 0.3) is 11.8 Å². The van der Waals surface area contributed by atoms with Crippen LogP contribution in [0.3, 0.4) is 0 Å². The van der Waals surface area contributed by atoms with E-state index in [1.165, 1.54) is 24.2 Å². The summed E-state index contributed by atoms with van der Waals surface area (Å²) < 4.78 is 2.09. The number of aromatic nitrogens is 1. The third-order valence-electron chi connectivity index (χ3n) is 8.94. The van der Waals surface area contributed by atoms with Crippen molar-refractivity contribution in [2.45, 2.75) is 81.4 Å². The van der Waals surface area contributed by atoms with Crippen molar-refractivity contribution in [2.75, 3.05) is 6.26 Å². The molecule has 1 aliphatic heterocycles. The van der Waals surface area contributed by atoms with Crippen molar-refractivity contribution >= 4 is 34.5 Å². The molecule has 2 aliphatic rings. The van der Waals surface area contributed by atoms with E-state index >= 15 is 0 Å². The minimum Gasteiger partial charge on any atom is -0.351 e. The molecule has 2 heterocycles. The number of fused-ring (bicyclic) bond motifs is 3. The number of nitrogens with zero attached hydrogens (tertiary/aromatic N) is 2. The molecule has 1 aliphatic carbocycles. The van der Waals surface area contributed by atoms with Crippen LogP contribution in [0.4, 0.5) is 0 Å². The summed E-state index contributed by atoms with van der Waals surface area (Å²) in [6, 6.07) is 26.7. The van der Waals surface area contributed by atoms with E-state index < -0.39 is 5.54 Å². The molecule has 0 radical (unpaired) electrons. The number of carbonyl (C=O) groups is 2. The molecule has 6 heteroatoms. The quantitative estimate of drug-likeness (QED) is 0.247. The van der Waals surface area contributed by atoms with Gasteiger partial charge < -0.3 is 14.8 Å². The fraction of sp³-hybridized carbons (Fsp3) is 0.371. The van der Waals surface area contributed by atoms with E-state index in [0.717, 1.165) is 53.3 Å². The van der Waals surface area contributed by atoms with E-state index in [9.17, 15) is 9.59 Å². The maximum absolute atomic E-state index is 14.8. The number of thioether (sulfide) groups is 1. The number of hydrogen-bond acceptors (Lipinski definition) is 3. The van der Waals surface area contributed by atoms with Crippen LogP contribution in [-0.2, 0) is 23.4 Å². The number of aryl methyl sites for hydroxylation is 1. The van der Waals surface area contributed by atoms with Gasteiger partial charge >= 0.3 is 0 Å². The summed E-state index contributed by atoms with van der Waals surface area (Å²) in [5.41, 5.74) is 3.43. The molecule has 0 spiro atoms. The number of carbonyl (C=O) groups excluding carboxylic acids is 2. The van der Waals surface area contributed by atoms with Gasteiger partial charge in [-0.2, -0.15) is 0 Å². The van der Waals surface area contributed by atoms with Crippen LogP contribution in [0.15, 0.2) is 83.8 Å². The highest BCUT2D eigenvalue weighted by molar-refractivity contribution is 7.98. The smallest absolute Gasteiger partial charge is 0.272 e. The fourth-order valence-electron chi connectivity index (χ4n) is 6.65. The standard InChI is InChI=1S/C35H39N3O2S/c1-25-15-18-27-22-32-33(39)38(23-26-16-19-30(41-2)20-17-26)35(24-37(32)31(27)21-25,28-11-7-6-8-12-28)34(40)36-29-13-9-4-3-5-10-14-29/h6-8,11-12,15-22,29H,3-5,9-10,13-14,23-24H2,1-2H3,(H,36,40)/t35-/m0/s1. The molecule has 4 aromatic rings. The average Bonchev–Trinajstić information content (AvgIpc) is 3.34. The Morgan fingerprint density at radius 3 is 2.34 bits per heavy atom. The molecule has 6 rings (SSSR count). The number of benzene rings is 3. The highest BCUT2D eigenvalue weighted by Crippen LogP contribution is 2.41. The molecule has 5 nitrogen and oxygen atoms in total. The van der Waals surface area contributed by atoms with E-state index in [-0.39, 0.29) is 17.9 Å². The minimum atomic E-state index is -1.19. The number of hydrogen-bond donors (Lipinski definition) is 1. The summed E-state index contributed by atoms with van der Waals surface area (Å²) in [4.78, 5) is 32.5. The van der Waals surface area contributed by atoms with Gasteiger partial charge in [0.05, 0.1) is 6.54 Å². The molecular weight excluding hydrogens is 526 g/mol. The second-order valence-corrected chi connectivity index (χ2v) is 12.5. The van der Waals surface area contributed by atoms with Crippen LogP contribution in [0.1, 0.15) is 72.1 Å². The maximum atomic E-state index is 14.8. The lowest BCUT2D eigenvalue weighted by Crippen LogP contribution is -2.64. The largest absolute Gasteiger partial charge is 0.351 e. The highest BCUT2D eigenvalue weighted by atomic mass is 32.2. The van der Waals surface area contributed by atoms with Crippen LogP contribution in [0.2, 0.25) is 0 Å². The maximum Gasteiger partial charge on any atom is 0.272 e. The van der Waals surface area contributed by atoms with Crippen LogP contribution >= 0.6 is 11.8 Å². The van der Waals surface area contributed by atoms with Gasteiger partial charge in [0.15, 0.2) is 5.54 Å². The molecule has 0 saturated heterocycles.